The van der Waals surface area contributed by atoms with Gasteiger partial charge in [0.1, 0.15) is 5.60 Å². The molecule has 0 unspecified atom stereocenters. The molecular weight excluding hydrogens is 232 g/mol. The first-order valence-corrected chi connectivity index (χ1v) is 6.69. The molecular formula is C13H26N2O3. The number of hydroxylamine groups is 1. The summed E-state index contributed by atoms with van der Waals surface area (Å²) in [6, 6.07) is 0. The summed E-state index contributed by atoms with van der Waals surface area (Å²) in [5, 5.41) is 0. The van der Waals surface area contributed by atoms with Gasteiger partial charge >= 0.3 is 6.09 Å². The number of piperidine rings is 1. The number of nitrogens with one attached hydrogen (secondary N) is 1. The molecule has 0 spiro atoms. The van der Waals surface area contributed by atoms with Crippen molar-refractivity contribution in [2.45, 2.75) is 45.6 Å². The van der Waals surface area contributed by atoms with Gasteiger partial charge in [-0.25, -0.2) is 10.3 Å². The van der Waals surface area contributed by atoms with Gasteiger partial charge in [-0.1, -0.05) is 0 Å². The van der Waals surface area contributed by atoms with Gasteiger partial charge in [-0.3, -0.25) is 0 Å². The average molecular weight is 258 g/mol. The highest BCUT2D eigenvalue weighted by molar-refractivity contribution is 5.68. The number of carbonyl (C=O) groups is 1. The van der Waals surface area contributed by atoms with Crippen LogP contribution in [0.3, 0.4) is 0 Å². The van der Waals surface area contributed by atoms with E-state index in [4.69, 9.17) is 9.57 Å². The number of rotatable bonds is 4. The van der Waals surface area contributed by atoms with Crippen molar-refractivity contribution in [2.75, 3.05) is 26.7 Å². The lowest BCUT2D eigenvalue weighted by atomic mass is 9.94. The number of hydrogen-bond donors (Lipinski definition) is 1. The molecule has 0 aliphatic carbocycles. The highest BCUT2D eigenvalue weighted by atomic mass is 16.6. The van der Waals surface area contributed by atoms with Crippen molar-refractivity contribution in [3.8, 4) is 0 Å². The van der Waals surface area contributed by atoms with E-state index < -0.39 is 5.60 Å². The SMILES string of the molecule is CNOCCC1CCN(C(=O)OC(C)(C)C)CC1. The fourth-order valence-electron chi connectivity index (χ4n) is 2.06. The molecule has 0 bridgehead atoms. The molecule has 0 aromatic carbocycles. The van der Waals surface area contributed by atoms with Crippen LogP contribution in [0.1, 0.15) is 40.0 Å². The molecule has 18 heavy (non-hydrogen) atoms. The van der Waals surface area contributed by atoms with Gasteiger partial charge in [-0.2, -0.15) is 0 Å². The maximum atomic E-state index is 11.8. The Morgan fingerprint density at radius 3 is 2.44 bits per heavy atom. The second kappa shape index (κ2) is 6.95. The Hall–Kier alpha value is -0.810. The van der Waals surface area contributed by atoms with E-state index in [1.807, 2.05) is 20.8 Å². The summed E-state index contributed by atoms with van der Waals surface area (Å²) in [5.74, 6) is 0.650. The predicted octanol–water partition coefficient (Wildman–Crippen LogP) is 2.17. The van der Waals surface area contributed by atoms with Gasteiger partial charge in [-0.15, -0.1) is 0 Å². The average Bonchev–Trinajstić information content (AvgIpc) is 2.28. The highest BCUT2D eigenvalue weighted by Crippen LogP contribution is 2.22. The summed E-state index contributed by atoms with van der Waals surface area (Å²) in [6.07, 6.45) is 2.93. The van der Waals surface area contributed by atoms with Crippen LogP contribution in [0, 0.1) is 5.92 Å². The van der Waals surface area contributed by atoms with Crippen molar-refractivity contribution in [3.05, 3.63) is 0 Å². The molecule has 1 aliphatic heterocycles. The van der Waals surface area contributed by atoms with Gasteiger partial charge in [0.15, 0.2) is 0 Å². The minimum absolute atomic E-state index is 0.188. The van der Waals surface area contributed by atoms with Crippen molar-refractivity contribution >= 4 is 6.09 Å². The van der Waals surface area contributed by atoms with Crippen LogP contribution in [0.5, 0.6) is 0 Å². The predicted molar refractivity (Wildman–Crippen MR) is 70.2 cm³/mol. The summed E-state index contributed by atoms with van der Waals surface area (Å²) in [4.78, 5) is 18.8. The molecule has 1 saturated heterocycles. The zero-order valence-corrected chi connectivity index (χ0v) is 12.0. The van der Waals surface area contributed by atoms with E-state index in [-0.39, 0.29) is 6.09 Å². The molecule has 5 heteroatoms. The second-order valence-corrected chi connectivity index (χ2v) is 5.75. The zero-order chi connectivity index (χ0) is 13.6. The summed E-state index contributed by atoms with van der Waals surface area (Å²) < 4.78 is 5.36. The van der Waals surface area contributed by atoms with Gasteiger partial charge < -0.3 is 14.5 Å². The fourth-order valence-corrected chi connectivity index (χ4v) is 2.06. The fraction of sp³-hybridized carbons (Fsp3) is 0.923. The lowest BCUT2D eigenvalue weighted by molar-refractivity contribution is 0.0135. The van der Waals surface area contributed by atoms with Crippen molar-refractivity contribution in [1.29, 1.82) is 0 Å². The molecule has 1 amide bonds. The van der Waals surface area contributed by atoms with E-state index in [0.717, 1.165) is 39.0 Å². The molecule has 1 N–H and O–H groups in total. The first-order valence-electron chi connectivity index (χ1n) is 6.69. The van der Waals surface area contributed by atoms with E-state index in [1.165, 1.54) is 0 Å². The van der Waals surface area contributed by atoms with Crippen molar-refractivity contribution < 1.29 is 14.4 Å². The Balaban J connectivity index is 2.24. The third-order valence-electron chi connectivity index (χ3n) is 3.04. The quantitative estimate of drug-likeness (QED) is 0.620. The third kappa shape index (κ3) is 5.69. The van der Waals surface area contributed by atoms with Crippen LogP contribution in [-0.4, -0.2) is 43.3 Å². The lowest BCUT2D eigenvalue weighted by Crippen LogP contribution is -2.41. The molecule has 1 rings (SSSR count). The molecule has 0 aromatic heterocycles. The molecule has 0 saturated carbocycles. The van der Waals surface area contributed by atoms with Crippen molar-refractivity contribution in [3.63, 3.8) is 0 Å². The molecule has 1 heterocycles. The van der Waals surface area contributed by atoms with Crippen molar-refractivity contribution in [2.24, 2.45) is 5.92 Å². The van der Waals surface area contributed by atoms with Crippen LogP contribution in [0.15, 0.2) is 0 Å². The van der Waals surface area contributed by atoms with Gasteiger partial charge in [0.05, 0.1) is 6.61 Å². The van der Waals surface area contributed by atoms with Gasteiger partial charge in [0.2, 0.25) is 0 Å². The van der Waals surface area contributed by atoms with E-state index in [1.54, 1.807) is 11.9 Å². The van der Waals surface area contributed by atoms with Crippen LogP contribution >= 0.6 is 0 Å². The molecule has 0 aromatic rings. The number of ether oxygens (including phenoxy) is 1. The number of likely N-dealkylation sites (tertiary alicyclic amines) is 1. The third-order valence-corrected chi connectivity index (χ3v) is 3.04. The first-order chi connectivity index (χ1) is 8.42. The Kier molecular flexibility index (Phi) is 5.88. The number of carbonyl (C=O) groups excluding carboxylic acids is 1. The number of nitrogens with zero attached hydrogens (tertiary/aromatic N) is 1. The molecule has 1 fully saturated rings. The lowest BCUT2D eigenvalue weighted by Gasteiger charge is -2.33. The normalized spacial score (nSPS) is 17.9. The second-order valence-electron chi connectivity index (χ2n) is 5.75. The monoisotopic (exact) mass is 258 g/mol. The Bertz CT molecular complexity index is 255. The standard InChI is InChI=1S/C13H26N2O3/c1-13(2,3)18-12(16)15-8-5-11(6-9-15)7-10-17-14-4/h11,14H,5-10H2,1-4H3. The van der Waals surface area contributed by atoms with Crippen molar-refractivity contribution in [1.82, 2.24) is 10.4 Å². The minimum Gasteiger partial charge on any atom is -0.444 e. The van der Waals surface area contributed by atoms with E-state index >= 15 is 0 Å². The number of amides is 1. The summed E-state index contributed by atoms with van der Waals surface area (Å²) in [5.41, 5.74) is 2.27. The van der Waals surface area contributed by atoms with Crippen LogP contribution in [0.25, 0.3) is 0 Å². The van der Waals surface area contributed by atoms with Gasteiger partial charge in [0, 0.05) is 20.1 Å². The Labute approximate surface area is 110 Å². The molecule has 5 nitrogen and oxygen atoms in total. The minimum atomic E-state index is -0.408. The van der Waals surface area contributed by atoms with E-state index in [9.17, 15) is 4.79 Å². The smallest absolute Gasteiger partial charge is 0.410 e. The number of hydrogen-bond acceptors (Lipinski definition) is 4. The van der Waals surface area contributed by atoms with Gasteiger partial charge in [-0.05, 0) is 46.0 Å². The highest BCUT2D eigenvalue weighted by Gasteiger charge is 2.26. The Morgan fingerprint density at radius 1 is 1.33 bits per heavy atom. The van der Waals surface area contributed by atoms with Gasteiger partial charge in [0.25, 0.3) is 0 Å². The van der Waals surface area contributed by atoms with Crippen LogP contribution in [0.4, 0.5) is 4.79 Å². The maximum Gasteiger partial charge on any atom is 0.410 e. The summed E-state index contributed by atoms with van der Waals surface area (Å²) in [6.45, 7) is 8.00. The van der Waals surface area contributed by atoms with Crippen LogP contribution in [-0.2, 0) is 9.57 Å². The molecule has 1 aliphatic rings. The zero-order valence-electron chi connectivity index (χ0n) is 12.0. The van der Waals surface area contributed by atoms with E-state index in [0.29, 0.717) is 5.92 Å². The molecule has 106 valence electrons. The first kappa shape index (κ1) is 15.2. The Morgan fingerprint density at radius 2 is 1.94 bits per heavy atom. The molecule has 0 atom stereocenters. The van der Waals surface area contributed by atoms with E-state index in [2.05, 4.69) is 5.48 Å². The summed E-state index contributed by atoms with van der Waals surface area (Å²) in [7, 11) is 1.77. The topological polar surface area (TPSA) is 50.8 Å². The molecule has 0 radical (unpaired) electrons. The largest absolute Gasteiger partial charge is 0.444 e. The van der Waals surface area contributed by atoms with Crippen LogP contribution in [0.2, 0.25) is 0 Å². The summed E-state index contributed by atoms with van der Waals surface area (Å²) >= 11 is 0. The maximum absolute atomic E-state index is 11.8. The van der Waals surface area contributed by atoms with Crippen LogP contribution < -0.4 is 5.48 Å².